The molecule has 0 aromatic heterocycles. The second-order valence-corrected chi connectivity index (χ2v) is 4.33. The van der Waals surface area contributed by atoms with E-state index in [1.165, 1.54) is 12.5 Å². The van der Waals surface area contributed by atoms with E-state index in [4.69, 9.17) is 4.74 Å². The van der Waals surface area contributed by atoms with Crippen LogP contribution in [0.3, 0.4) is 0 Å². The molecule has 0 bridgehead atoms. The molecule has 0 aliphatic carbocycles. The predicted molar refractivity (Wildman–Crippen MR) is 61.7 cm³/mol. The SMILES string of the molecule is Fc1cccc(CNCC2CCCCO2)c1F. The Kier molecular flexibility index (Phi) is 4.45. The highest BCUT2D eigenvalue weighted by Gasteiger charge is 2.13. The third kappa shape index (κ3) is 3.48. The average molecular weight is 241 g/mol. The van der Waals surface area contributed by atoms with Crippen molar-refractivity contribution in [2.45, 2.75) is 31.9 Å². The molecule has 94 valence electrons. The Bertz CT molecular complexity index is 364. The van der Waals surface area contributed by atoms with Crippen LogP contribution in [-0.4, -0.2) is 19.3 Å². The number of halogens is 2. The highest BCUT2D eigenvalue weighted by molar-refractivity contribution is 5.18. The summed E-state index contributed by atoms with van der Waals surface area (Å²) in [5.41, 5.74) is 0.362. The third-order valence-electron chi connectivity index (χ3n) is 2.99. The first kappa shape index (κ1) is 12.5. The van der Waals surface area contributed by atoms with Crippen molar-refractivity contribution >= 4 is 0 Å². The molecule has 0 saturated carbocycles. The van der Waals surface area contributed by atoms with Crippen molar-refractivity contribution in [3.63, 3.8) is 0 Å². The summed E-state index contributed by atoms with van der Waals surface area (Å²) in [5, 5.41) is 3.11. The monoisotopic (exact) mass is 241 g/mol. The Morgan fingerprint density at radius 2 is 2.18 bits per heavy atom. The first-order chi connectivity index (χ1) is 8.27. The quantitative estimate of drug-likeness (QED) is 0.875. The molecule has 2 nitrogen and oxygen atoms in total. The van der Waals surface area contributed by atoms with Gasteiger partial charge in [0.2, 0.25) is 0 Å². The van der Waals surface area contributed by atoms with Gasteiger partial charge in [0.15, 0.2) is 11.6 Å². The minimum Gasteiger partial charge on any atom is -0.377 e. The Balaban J connectivity index is 1.79. The zero-order valence-electron chi connectivity index (χ0n) is 9.72. The Morgan fingerprint density at radius 1 is 1.29 bits per heavy atom. The second kappa shape index (κ2) is 6.07. The molecule has 1 atom stereocenters. The van der Waals surface area contributed by atoms with Gasteiger partial charge in [-0.05, 0) is 25.3 Å². The Morgan fingerprint density at radius 3 is 2.94 bits per heavy atom. The molecule has 0 radical (unpaired) electrons. The zero-order chi connectivity index (χ0) is 12.1. The molecule has 4 heteroatoms. The molecule has 0 amide bonds. The summed E-state index contributed by atoms with van der Waals surface area (Å²) in [6.45, 7) is 1.83. The normalized spacial score (nSPS) is 20.5. The van der Waals surface area contributed by atoms with E-state index in [1.54, 1.807) is 6.07 Å². The lowest BCUT2D eigenvalue weighted by molar-refractivity contribution is 0.0167. The molecule has 1 aliphatic heterocycles. The topological polar surface area (TPSA) is 21.3 Å². The molecular formula is C13H17F2NO. The van der Waals surface area contributed by atoms with Gasteiger partial charge in [0.05, 0.1) is 6.10 Å². The number of nitrogens with one attached hydrogen (secondary N) is 1. The van der Waals surface area contributed by atoms with Crippen LogP contribution in [-0.2, 0) is 11.3 Å². The molecule has 1 aromatic carbocycles. The van der Waals surface area contributed by atoms with Crippen molar-refractivity contribution in [1.82, 2.24) is 5.32 Å². The largest absolute Gasteiger partial charge is 0.377 e. The molecule has 1 N–H and O–H groups in total. The van der Waals surface area contributed by atoms with E-state index in [2.05, 4.69) is 5.32 Å². The van der Waals surface area contributed by atoms with Gasteiger partial charge >= 0.3 is 0 Å². The van der Waals surface area contributed by atoms with Gasteiger partial charge in [0.1, 0.15) is 0 Å². The van der Waals surface area contributed by atoms with Crippen LogP contribution in [0.25, 0.3) is 0 Å². The van der Waals surface area contributed by atoms with E-state index < -0.39 is 11.6 Å². The first-order valence-corrected chi connectivity index (χ1v) is 6.02. The fourth-order valence-electron chi connectivity index (χ4n) is 2.02. The Labute approximate surface area is 100.0 Å². The van der Waals surface area contributed by atoms with Crippen molar-refractivity contribution < 1.29 is 13.5 Å². The number of rotatable bonds is 4. The lowest BCUT2D eigenvalue weighted by Crippen LogP contribution is -2.31. The molecule has 1 aliphatic rings. The summed E-state index contributed by atoms with van der Waals surface area (Å²) in [6, 6.07) is 4.24. The number of ether oxygens (including phenoxy) is 1. The van der Waals surface area contributed by atoms with E-state index in [9.17, 15) is 8.78 Å². The first-order valence-electron chi connectivity index (χ1n) is 6.02. The number of hydrogen-bond acceptors (Lipinski definition) is 2. The van der Waals surface area contributed by atoms with Crippen LogP contribution in [0.2, 0.25) is 0 Å². The molecule has 1 saturated heterocycles. The zero-order valence-corrected chi connectivity index (χ0v) is 9.72. The summed E-state index contributed by atoms with van der Waals surface area (Å²) in [5.74, 6) is -1.55. The van der Waals surface area contributed by atoms with Crippen LogP contribution in [0.5, 0.6) is 0 Å². The standard InChI is InChI=1S/C13H17F2NO/c14-12-6-3-4-10(13(12)15)8-16-9-11-5-1-2-7-17-11/h3-4,6,11,16H,1-2,5,7-9H2. The predicted octanol–water partition coefficient (Wildman–Crippen LogP) is 2.62. The van der Waals surface area contributed by atoms with Crippen LogP contribution in [0.1, 0.15) is 24.8 Å². The third-order valence-corrected chi connectivity index (χ3v) is 2.99. The van der Waals surface area contributed by atoms with Gasteiger partial charge < -0.3 is 10.1 Å². The molecule has 1 fully saturated rings. The highest BCUT2D eigenvalue weighted by atomic mass is 19.2. The second-order valence-electron chi connectivity index (χ2n) is 4.33. The molecular weight excluding hydrogens is 224 g/mol. The van der Waals surface area contributed by atoms with Crippen molar-refractivity contribution in [2.24, 2.45) is 0 Å². The van der Waals surface area contributed by atoms with Gasteiger partial charge in [-0.1, -0.05) is 12.1 Å². The van der Waals surface area contributed by atoms with Crippen molar-refractivity contribution in [1.29, 1.82) is 0 Å². The summed E-state index contributed by atoms with van der Waals surface area (Å²) in [6.07, 6.45) is 3.55. The lowest BCUT2D eigenvalue weighted by atomic mass is 10.1. The Hall–Kier alpha value is -1.00. The smallest absolute Gasteiger partial charge is 0.163 e. The molecule has 1 aromatic rings. The van der Waals surface area contributed by atoms with Crippen LogP contribution in [0.4, 0.5) is 8.78 Å². The summed E-state index contributed by atoms with van der Waals surface area (Å²) < 4.78 is 31.8. The van der Waals surface area contributed by atoms with Crippen molar-refractivity contribution in [2.75, 3.05) is 13.2 Å². The van der Waals surface area contributed by atoms with Gasteiger partial charge in [-0.15, -0.1) is 0 Å². The maximum atomic E-state index is 13.3. The maximum absolute atomic E-state index is 13.3. The van der Waals surface area contributed by atoms with Gasteiger partial charge in [-0.25, -0.2) is 8.78 Å². The fraction of sp³-hybridized carbons (Fsp3) is 0.538. The minimum atomic E-state index is -0.793. The molecule has 0 spiro atoms. The minimum absolute atomic E-state index is 0.209. The molecule has 1 unspecified atom stereocenters. The van der Waals surface area contributed by atoms with Crippen molar-refractivity contribution in [3.8, 4) is 0 Å². The van der Waals surface area contributed by atoms with Crippen LogP contribution < -0.4 is 5.32 Å². The van der Waals surface area contributed by atoms with E-state index in [0.29, 0.717) is 18.7 Å². The average Bonchev–Trinajstić information content (AvgIpc) is 2.36. The molecule has 1 heterocycles. The van der Waals surface area contributed by atoms with Gasteiger partial charge in [-0.3, -0.25) is 0 Å². The number of benzene rings is 1. The number of hydrogen-bond donors (Lipinski definition) is 1. The highest BCUT2D eigenvalue weighted by Crippen LogP contribution is 2.13. The summed E-state index contributed by atoms with van der Waals surface area (Å²) in [4.78, 5) is 0. The van der Waals surface area contributed by atoms with Crippen LogP contribution in [0, 0.1) is 11.6 Å². The maximum Gasteiger partial charge on any atom is 0.163 e. The van der Waals surface area contributed by atoms with Crippen LogP contribution >= 0.6 is 0 Å². The summed E-state index contributed by atoms with van der Waals surface area (Å²) in [7, 11) is 0. The van der Waals surface area contributed by atoms with Crippen molar-refractivity contribution in [3.05, 3.63) is 35.4 Å². The fourth-order valence-corrected chi connectivity index (χ4v) is 2.02. The van der Waals surface area contributed by atoms with E-state index in [0.717, 1.165) is 25.5 Å². The van der Waals surface area contributed by atoms with E-state index in [1.807, 2.05) is 0 Å². The molecule has 2 rings (SSSR count). The van der Waals surface area contributed by atoms with Gasteiger partial charge in [0.25, 0.3) is 0 Å². The van der Waals surface area contributed by atoms with E-state index >= 15 is 0 Å². The van der Waals surface area contributed by atoms with Gasteiger partial charge in [-0.2, -0.15) is 0 Å². The lowest BCUT2D eigenvalue weighted by Gasteiger charge is -2.22. The molecule has 17 heavy (non-hydrogen) atoms. The summed E-state index contributed by atoms with van der Waals surface area (Å²) >= 11 is 0. The van der Waals surface area contributed by atoms with Gasteiger partial charge in [0, 0.05) is 25.3 Å². The van der Waals surface area contributed by atoms with E-state index in [-0.39, 0.29) is 6.10 Å². The van der Waals surface area contributed by atoms with Crippen LogP contribution in [0.15, 0.2) is 18.2 Å².